The molecule has 2 aliphatic heterocycles. The second-order valence-corrected chi connectivity index (χ2v) is 6.63. The molecule has 3 heteroatoms. The van der Waals surface area contributed by atoms with Crippen molar-refractivity contribution in [3.63, 3.8) is 0 Å². The fraction of sp³-hybridized carbons (Fsp3) is 0.647. The van der Waals surface area contributed by atoms with E-state index >= 15 is 0 Å². The number of nitrogens with two attached hydrogens (primary N) is 1. The molecular formula is C17H26N2O. The van der Waals surface area contributed by atoms with Gasteiger partial charge in [-0.2, -0.15) is 0 Å². The topological polar surface area (TPSA) is 47.3 Å². The average molecular weight is 274 g/mol. The van der Waals surface area contributed by atoms with Crippen LogP contribution in [0.1, 0.15) is 41.5 Å². The molecule has 2 aliphatic rings. The molecule has 2 bridgehead atoms. The Hall–Kier alpha value is -0.900. The molecule has 2 saturated heterocycles. The lowest BCUT2D eigenvalue weighted by molar-refractivity contribution is 0.0857. The first-order valence-electron chi connectivity index (χ1n) is 7.76. The first-order valence-corrected chi connectivity index (χ1v) is 7.76. The van der Waals surface area contributed by atoms with Gasteiger partial charge < -0.3 is 4.74 Å². The van der Waals surface area contributed by atoms with Crippen LogP contribution in [-0.2, 0) is 11.2 Å². The highest BCUT2D eigenvalue weighted by molar-refractivity contribution is 5.38. The molecule has 3 rings (SSSR count). The van der Waals surface area contributed by atoms with Gasteiger partial charge in [0.1, 0.15) is 0 Å². The van der Waals surface area contributed by atoms with Crippen molar-refractivity contribution in [2.24, 2.45) is 11.8 Å². The van der Waals surface area contributed by atoms with E-state index in [1.807, 2.05) is 0 Å². The van der Waals surface area contributed by atoms with E-state index in [9.17, 15) is 0 Å². The van der Waals surface area contributed by atoms with Gasteiger partial charge in [-0.25, -0.2) is 0 Å². The maximum absolute atomic E-state index is 5.99. The Bertz CT molecular complexity index is 477. The maximum atomic E-state index is 5.99. The number of hydrazine groups is 1. The second-order valence-electron chi connectivity index (χ2n) is 6.63. The van der Waals surface area contributed by atoms with E-state index in [1.54, 1.807) is 0 Å². The van der Waals surface area contributed by atoms with E-state index in [-0.39, 0.29) is 0 Å². The first kappa shape index (κ1) is 14.1. The molecule has 0 aromatic heterocycles. The number of ether oxygens (including phenoxy) is 1. The monoisotopic (exact) mass is 274 g/mol. The zero-order valence-corrected chi connectivity index (χ0v) is 12.8. The molecule has 3 N–H and O–H groups in total. The van der Waals surface area contributed by atoms with Gasteiger partial charge in [0.25, 0.3) is 0 Å². The van der Waals surface area contributed by atoms with Crippen LogP contribution in [0, 0.1) is 26.7 Å². The summed E-state index contributed by atoms with van der Waals surface area (Å²) in [5, 5.41) is 0. The first-order chi connectivity index (χ1) is 9.58. The summed E-state index contributed by atoms with van der Waals surface area (Å²) >= 11 is 0. The highest BCUT2D eigenvalue weighted by Crippen LogP contribution is 2.41. The van der Waals surface area contributed by atoms with Crippen LogP contribution in [0.4, 0.5) is 0 Å². The standard InChI is InChI=1S/C17H26N2O/c1-10-6-11(2)14(12(3)7-10)9-16(19-18)15-8-13-4-5-17(15)20-13/h6-7,13,15-17,19H,4-5,8-9,18H2,1-3H3. The molecule has 1 aromatic rings. The molecule has 20 heavy (non-hydrogen) atoms. The summed E-state index contributed by atoms with van der Waals surface area (Å²) in [7, 11) is 0. The van der Waals surface area contributed by atoms with Gasteiger partial charge in [-0.05, 0) is 63.1 Å². The van der Waals surface area contributed by atoms with Crippen molar-refractivity contribution in [2.75, 3.05) is 0 Å². The van der Waals surface area contributed by atoms with E-state index in [0.717, 1.165) is 6.42 Å². The summed E-state index contributed by atoms with van der Waals surface area (Å²) in [6, 6.07) is 4.87. The number of fused-ring (bicyclic) bond motifs is 2. The number of aryl methyl sites for hydroxylation is 3. The summed E-state index contributed by atoms with van der Waals surface area (Å²) in [6.45, 7) is 6.58. The number of nitrogens with one attached hydrogen (secondary N) is 1. The fourth-order valence-corrected chi connectivity index (χ4v) is 4.19. The molecule has 110 valence electrons. The molecule has 4 atom stereocenters. The summed E-state index contributed by atoms with van der Waals surface area (Å²) in [4.78, 5) is 0. The quantitative estimate of drug-likeness (QED) is 0.655. The van der Waals surface area contributed by atoms with Crippen LogP contribution in [0.2, 0.25) is 0 Å². The number of rotatable bonds is 4. The Kier molecular flexibility index (Phi) is 3.85. The van der Waals surface area contributed by atoms with Crippen molar-refractivity contribution in [3.8, 4) is 0 Å². The highest BCUT2D eigenvalue weighted by atomic mass is 16.5. The molecular weight excluding hydrogens is 248 g/mol. The molecule has 0 amide bonds. The Labute approximate surface area is 121 Å². The van der Waals surface area contributed by atoms with E-state index in [4.69, 9.17) is 10.6 Å². The van der Waals surface area contributed by atoms with E-state index in [0.29, 0.717) is 24.2 Å². The van der Waals surface area contributed by atoms with Crippen molar-refractivity contribution in [2.45, 2.75) is 64.7 Å². The van der Waals surface area contributed by atoms with Gasteiger partial charge in [-0.1, -0.05) is 17.7 Å². The fourth-order valence-electron chi connectivity index (χ4n) is 4.19. The second kappa shape index (κ2) is 5.47. The van der Waals surface area contributed by atoms with E-state index < -0.39 is 0 Å². The van der Waals surface area contributed by atoms with Crippen LogP contribution in [0.3, 0.4) is 0 Å². The predicted octanol–water partition coefficient (Wildman–Crippen LogP) is 2.55. The van der Waals surface area contributed by atoms with Gasteiger partial charge in [0.2, 0.25) is 0 Å². The third-order valence-corrected chi connectivity index (χ3v) is 5.15. The van der Waals surface area contributed by atoms with Crippen molar-refractivity contribution in [3.05, 3.63) is 34.4 Å². The molecule has 1 aromatic carbocycles. The summed E-state index contributed by atoms with van der Waals surface area (Å²) < 4.78 is 5.99. The van der Waals surface area contributed by atoms with Crippen LogP contribution in [-0.4, -0.2) is 18.2 Å². The predicted molar refractivity (Wildman–Crippen MR) is 81.5 cm³/mol. The van der Waals surface area contributed by atoms with E-state index in [2.05, 4.69) is 38.3 Å². The lowest BCUT2D eigenvalue weighted by Crippen LogP contribution is -2.46. The minimum Gasteiger partial charge on any atom is -0.375 e. The summed E-state index contributed by atoms with van der Waals surface area (Å²) in [5.41, 5.74) is 8.61. The van der Waals surface area contributed by atoms with Crippen LogP contribution in [0.25, 0.3) is 0 Å². The van der Waals surface area contributed by atoms with Crippen LogP contribution >= 0.6 is 0 Å². The molecule has 2 fully saturated rings. The Morgan fingerprint density at radius 1 is 1.25 bits per heavy atom. The molecule has 0 saturated carbocycles. The molecule has 2 heterocycles. The Balaban J connectivity index is 1.78. The van der Waals surface area contributed by atoms with Crippen molar-refractivity contribution >= 4 is 0 Å². The van der Waals surface area contributed by atoms with Gasteiger partial charge in [-0.3, -0.25) is 11.3 Å². The maximum Gasteiger partial charge on any atom is 0.0624 e. The van der Waals surface area contributed by atoms with Crippen LogP contribution < -0.4 is 11.3 Å². The zero-order chi connectivity index (χ0) is 14.3. The Morgan fingerprint density at radius 2 is 1.95 bits per heavy atom. The lowest BCUT2D eigenvalue weighted by Gasteiger charge is -2.29. The smallest absolute Gasteiger partial charge is 0.0624 e. The van der Waals surface area contributed by atoms with Gasteiger partial charge in [-0.15, -0.1) is 0 Å². The van der Waals surface area contributed by atoms with Gasteiger partial charge >= 0.3 is 0 Å². The number of hydrogen-bond acceptors (Lipinski definition) is 3. The number of benzene rings is 1. The molecule has 4 unspecified atom stereocenters. The minimum absolute atomic E-state index is 0.324. The van der Waals surface area contributed by atoms with Gasteiger partial charge in [0.05, 0.1) is 12.2 Å². The molecule has 0 radical (unpaired) electrons. The third-order valence-electron chi connectivity index (χ3n) is 5.15. The minimum atomic E-state index is 0.324. The SMILES string of the molecule is Cc1cc(C)c(CC(NN)C2CC3CCC2O3)c(C)c1. The van der Waals surface area contributed by atoms with Crippen LogP contribution in [0.5, 0.6) is 0 Å². The molecule has 0 aliphatic carbocycles. The average Bonchev–Trinajstić information content (AvgIpc) is 3.00. The zero-order valence-electron chi connectivity index (χ0n) is 12.8. The lowest BCUT2D eigenvalue weighted by atomic mass is 9.80. The highest BCUT2D eigenvalue weighted by Gasteiger charge is 2.44. The third kappa shape index (κ3) is 2.50. The van der Waals surface area contributed by atoms with Crippen LogP contribution in [0.15, 0.2) is 12.1 Å². The van der Waals surface area contributed by atoms with E-state index in [1.165, 1.54) is 41.5 Å². The summed E-state index contributed by atoms with van der Waals surface area (Å²) in [6.07, 6.45) is 5.53. The van der Waals surface area contributed by atoms with Crippen molar-refractivity contribution in [1.82, 2.24) is 5.43 Å². The Morgan fingerprint density at radius 3 is 2.45 bits per heavy atom. The van der Waals surface area contributed by atoms with Gasteiger partial charge in [0, 0.05) is 12.0 Å². The van der Waals surface area contributed by atoms with Crippen molar-refractivity contribution < 1.29 is 4.74 Å². The molecule has 3 nitrogen and oxygen atoms in total. The normalized spacial score (nSPS) is 29.9. The van der Waals surface area contributed by atoms with Crippen molar-refractivity contribution in [1.29, 1.82) is 0 Å². The summed E-state index contributed by atoms with van der Waals surface area (Å²) in [5.74, 6) is 6.43. The van der Waals surface area contributed by atoms with Gasteiger partial charge in [0.15, 0.2) is 0 Å². The number of hydrogen-bond donors (Lipinski definition) is 2. The largest absolute Gasteiger partial charge is 0.375 e. The molecule has 0 spiro atoms.